The maximum atomic E-state index is 13.2. The van der Waals surface area contributed by atoms with Crippen LogP contribution in [0.1, 0.15) is 38.9 Å². The SMILES string of the molecule is Cc1ccc(C)c(S(=O)(=O)Nc2cccc(C(=O)NC(c3ccccc3)c3nccn3C)c2)c1. The second kappa shape index (κ2) is 9.52. The molecule has 7 nitrogen and oxygen atoms in total. The van der Waals surface area contributed by atoms with Crippen molar-refractivity contribution >= 4 is 21.6 Å². The predicted octanol–water partition coefficient (Wildman–Crippen LogP) is 4.36. The normalized spacial score (nSPS) is 12.2. The van der Waals surface area contributed by atoms with Crippen LogP contribution in [-0.2, 0) is 17.1 Å². The maximum absolute atomic E-state index is 13.2. The summed E-state index contributed by atoms with van der Waals surface area (Å²) in [6.07, 6.45) is 3.50. The van der Waals surface area contributed by atoms with Gasteiger partial charge in [0.05, 0.1) is 4.90 Å². The molecule has 1 atom stereocenters. The number of hydrogen-bond acceptors (Lipinski definition) is 4. The minimum Gasteiger partial charge on any atom is -0.338 e. The van der Waals surface area contributed by atoms with E-state index in [4.69, 9.17) is 0 Å². The van der Waals surface area contributed by atoms with Crippen molar-refractivity contribution < 1.29 is 13.2 Å². The van der Waals surface area contributed by atoms with Crippen LogP contribution < -0.4 is 10.0 Å². The molecule has 8 heteroatoms. The fourth-order valence-electron chi connectivity index (χ4n) is 3.74. The van der Waals surface area contributed by atoms with Crippen molar-refractivity contribution in [3.05, 3.63) is 113 Å². The Balaban J connectivity index is 1.60. The molecule has 0 fully saturated rings. The number of anilines is 1. The third-order valence-electron chi connectivity index (χ3n) is 5.54. The number of hydrogen-bond donors (Lipinski definition) is 2. The van der Waals surface area contributed by atoms with Gasteiger partial charge < -0.3 is 9.88 Å². The average molecular weight is 475 g/mol. The third-order valence-corrected chi connectivity index (χ3v) is 7.06. The average Bonchev–Trinajstić information content (AvgIpc) is 3.24. The van der Waals surface area contributed by atoms with Gasteiger partial charge in [0.15, 0.2) is 0 Å². The molecule has 0 bridgehead atoms. The molecular weight excluding hydrogens is 448 g/mol. The molecule has 0 aliphatic heterocycles. The predicted molar refractivity (Wildman–Crippen MR) is 132 cm³/mol. The van der Waals surface area contributed by atoms with Crippen molar-refractivity contribution in [3.63, 3.8) is 0 Å². The van der Waals surface area contributed by atoms with Crippen molar-refractivity contribution in [1.29, 1.82) is 0 Å². The monoisotopic (exact) mass is 474 g/mol. The van der Waals surface area contributed by atoms with Gasteiger partial charge in [-0.3, -0.25) is 9.52 Å². The van der Waals surface area contributed by atoms with Gasteiger partial charge in [-0.25, -0.2) is 13.4 Å². The highest BCUT2D eigenvalue weighted by molar-refractivity contribution is 7.92. The van der Waals surface area contributed by atoms with Crippen LogP contribution >= 0.6 is 0 Å². The van der Waals surface area contributed by atoms with Crippen LogP contribution in [0.5, 0.6) is 0 Å². The molecule has 0 aliphatic rings. The molecule has 174 valence electrons. The minimum atomic E-state index is -3.81. The zero-order valence-corrected chi connectivity index (χ0v) is 20.0. The van der Waals surface area contributed by atoms with Gasteiger partial charge >= 0.3 is 0 Å². The van der Waals surface area contributed by atoms with Gasteiger partial charge in [-0.15, -0.1) is 0 Å². The molecule has 4 aromatic rings. The van der Waals surface area contributed by atoms with Crippen LogP contribution in [-0.4, -0.2) is 23.9 Å². The summed E-state index contributed by atoms with van der Waals surface area (Å²) in [6.45, 7) is 3.59. The Bertz CT molecular complexity index is 1430. The lowest BCUT2D eigenvalue weighted by Crippen LogP contribution is -2.31. The minimum absolute atomic E-state index is 0.210. The molecule has 2 N–H and O–H groups in total. The van der Waals surface area contributed by atoms with E-state index in [2.05, 4.69) is 15.0 Å². The molecular formula is C26H26N4O3S. The molecule has 0 radical (unpaired) electrons. The summed E-state index contributed by atoms with van der Waals surface area (Å²) in [4.78, 5) is 17.8. The van der Waals surface area contributed by atoms with E-state index in [0.29, 0.717) is 22.6 Å². The second-order valence-corrected chi connectivity index (χ2v) is 9.82. The zero-order valence-electron chi connectivity index (χ0n) is 19.2. The number of carbonyl (C=O) groups is 1. The van der Waals surface area contributed by atoms with Gasteiger partial charge in [0, 0.05) is 30.7 Å². The molecule has 0 saturated carbocycles. The molecule has 0 aliphatic carbocycles. The first-order valence-corrected chi connectivity index (χ1v) is 12.3. The Morgan fingerprint density at radius 3 is 2.44 bits per heavy atom. The smallest absolute Gasteiger partial charge is 0.262 e. The summed E-state index contributed by atoms with van der Waals surface area (Å²) in [5.41, 5.74) is 3.02. The van der Waals surface area contributed by atoms with Gasteiger partial charge in [-0.05, 0) is 54.8 Å². The van der Waals surface area contributed by atoms with Gasteiger partial charge in [-0.2, -0.15) is 0 Å². The van der Waals surface area contributed by atoms with E-state index in [0.717, 1.165) is 11.1 Å². The van der Waals surface area contributed by atoms with Gasteiger partial charge in [0.25, 0.3) is 15.9 Å². The number of benzene rings is 3. The molecule has 1 heterocycles. The molecule has 1 unspecified atom stereocenters. The number of amides is 1. The first-order valence-electron chi connectivity index (χ1n) is 10.8. The zero-order chi connectivity index (χ0) is 24.3. The van der Waals surface area contributed by atoms with Crippen molar-refractivity contribution in [3.8, 4) is 0 Å². The van der Waals surface area contributed by atoms with E-state index in [-0.39, 0.29) is 10.8 Å². The molecule has 0 spiro atoms. The number of nitrogens with one attached hydrogen (secondary N) is 2. The summed E-state index contributed by atoms with van der Waals surface area (Å²) < 4.78 is 30.4. The molecule has 1 amide bonds. The van der Waals surface area contributed by atoms with E-state index >= 15 is 0 Å². The first-order chi connectivity index (χ1) is 16.2. The van der Waals surface area contributed by atoms with Crippen molar-refractivity contribution in [2.24, 2.45) is 7.05 Å². The summed E-state index contributed by atoms with van der Waals surface area (Å²) in [6, 6.07) is 20.8. The van der Waals surface area contributed by atoms with Crippen LogP contribution in [0.25, 0.3) is 0 Å². The fraction of sp³-hybridized carbons (Fsp3) is 0.154. The number of nitrogens with zero attached hydrogens (tertiary/aromatic N) is 2. The molecule has 3 aromatic carbocycles. The van der Waals surface area contributed by atoms with E-state index < -0.39 is 16.1 Å². The molecule has 34 heavy (non-hydrogen) atoms. The standard InChI is InChI=1S/C26H26N4O3S/c1-18-12-13-19(2)23(16-18)34(32,33)29-22-11-7-10-21(17-22)26(31)28-24(20-8-5-4-6-9-20)25-27-14-15-30(25)3/h4-17,24,29H,1-3H3,(H,28,31). The summed E-state index contributed by atoms with van der Waals surface area (Å²) in [5, 5.41) is 3.03. The number of aryl methyl sites for hydroxylation is 3. The highest BCUT2D eigenvalue weighted by Gasteiger charge is 2.22. The lowest BCUT2D eigenvalue weighted by molar-refractivity contribution is 0.0941. The lowest BCUT2D eigenvalue weighted by atomic mass is 10.1. The highest BCUT2D eigenvalue weighted by atomic mass is 32.2. The number of rotatable bonds is 7. The summed E-state index contributed by atoms with van der Waals surface area (Å²) >= 11 is 0. The van der Waals surface area contributed by atoms with Crippen molar-refractivity contribution in [2.75, 3.05) is 4.72 Å². The van der Waals surface area contributed by atoms with E-state index in [1.807, 2.05) is 61.1 Å². The lowest BCUT2D eigenvalue weighted by Gasteiger charge is -2.19. The van der Waals surface area contributed by atoms with Crippen LogP contribution in [0.15, 0.2) is 90.1 Å². The van der Waals surface area contributed by atoms with Gasteiger partial charge in [-0.1, -0.05) is 48.5 Å². The van der Waals surface area contributed by atoms with Gasteiger partial charge in [0.2, 0.25) is 0 Å². The molecule has 1 aromatic heterocycles. The topological polar surface area (TPSA) is 93.1 Å². The number of aromatic nitrogens is 2. The molecule has 0 saturated heterocycles. The largest absolute Gasteiger partial charge is 0.338 e. The van der Waals surface area contributed by atoms with Crippen molar-refractivity contribution in [2.45, 2.75) is 24.8 Å². The number of imidazole rings is 1. The number of sulfonamides is 1. The second-order valence-electron chi connectivity index (χ2n) is 8.17. The Morgan fingerprint density at radius 2 is 1.74 bits per heavy atom. The maximum Gasteiger partial charge on any atom is 0.262 e. The fourth-order valence-corrected chi connectivity index (χ4v) is 5.12. The van der Waals surface area contributed by atoms with Crippen LogP contribution in [0, 0.1) is 13.8 Å². The Morgan fingerprint density at radius 1 is 0.971 bits per heavy atom. The van der Waals surface area contributed by atoms with Crippen LogP contribution in [0.4, 0.5) is 5.69 Å². The van der Waals surface area contributed by atoms with E-state index in [9.17, 15) is 13.2 Å². The third kappa shape index (κ3) is 5.02. The van der Waals surface area contributed by atoms with Crippen molar-refractivity contribution in [1.82, 2.24) is 14.9 Å². The van der Waals surface area contributed by atoms with Crippen LogP contribution in [0.3, 0.4) is 0 Å². The summed E-state index contributed by atoms with van der Waals surface area (Å²) in [7, 11) is -1.94. The van der Waals surface area contributed by atoms with E-state index in [1.54, 1.807) is 43.5 Å². The number of carbonyl (C=O) groups excluding carboxylic acids is 1. The first kappa shape index (κ1) is 23.3. The Labute approximate surface area is 199 Å². The quantitative estimate of drug-likeness (QED) is 0.416. The van der Waals surface area contributed by atoms with Gasteiger partial charge in [0.1, 0.15) is 11.9 Å². The Kier molecular flexibility index (Phi) is 6.51. The molecule has 4 rings (SSSR count). The van der Waals surface area contributed by atoms with Crippen LogP contribution in [0.2, 0.25) is 0 Å². The summed E-state index contributed by atoms with van der Waals surface area (Å²) in [5.74, 6) is 0.343. The highest BCUT2D eigenvalue weighted by Crippen LogP contribution is 2.23. The Hall–Kier alpha value is -3.91. The van der Waals surface area contributed by atoms with E-state index in [1.165, 1.54) is 6.07 Å².